The average Bonchev–Trinajstić information content (AvgIpc) is 3.65. The van der Waals surface area contributed by atoms with Gasteiger partial charge < -0.3 is 9.52 Å². The molecule has 8 heteroatoms. The van der Waals surface area contributed by atoms with E-state index in [0.717, 1.165) is 32.1 Å². The van der Waals surface area contributed by atoms with Crippen molar-refractivity contribution in [1.29, 1.82) is 0 Å². The lowest BCUT2D eigenvalue weighted by Gasteiger charge is -2.21. The summed E-state index contributed by atoms with van der Waals surface area (Å²) in [5.41, 5.74) is 0.612. The van der Waals surface area contributed by atoms with Crippen molar-refractivity contribution in [2.75, 3.05) is 4.72 Å². The molecule has 2 aliphatic carbocycles. The SMILES string of the molecule is O=C1CCCCCc2oc(=O)c(C(c3cccc(NS(=O)(=O)c4ccccc4)c3)C3CC3)c(O)c21. The summed E-state index contributed by atoms with van der Waals surface area (Å²) < 4.78 is 33.8. The van der Waals surface area contributed by atoms with Crippen LogP contribution in [-0.4, -0.2) is 19.3 Å². The van der Waals surface area contributed by atoms with E-state index in [-0.39, 0.29) is 39.2 Å². The van der Waals surface area contributed by atoms with Gasteiger partial charge in [0.05, 0.1) is 16.0 Å². The van der Waals surface area contributed by atoms with Gasteiger partial charge in [-0.2, -0.15) is 0 Å². The number of aromatic hydroxyl groups is 1. The average molecular weight is 494 g/mol. The summed E-state index contributed by atoms with van der Waals surface area (Å²) in [7, 11) is -3.79. The highest BCUT2D eigenvalue weighted by Crippen LogP contribution is 2.49. The number of fused-ring (bicyclic) bond motifs is 1. The highest BCUT2D eigenvalue weighted by molar-refractivity contribution is 7.92. The van der Waals surface area contributed by atoms with Crippen molar-refractivity contribution in [3.8, 4) is 5.75 Å². The van der Waals surface area contributed by atoms with Crippen molar-refractivity contribution in [1.82, 2.24) is 0 Å². The summed E-state index contributed by atoms with van der Waals surface area (Å²) in [6.45, 7) is 0. The number of sulfonamides is 1. The van der Waals surface area contributed by atoms with Gasteiger partial charge in [0, 0.05) is 24.4 Å². The molecule has 1 fully saturated rings. The smallest absolute Gasteiger partial charge is 0.343 e. The minimum atomic E-state index is -3.79. The zero-order valence-electron chi connectivity index (χ0n) is 19.2. The van der Waals surface area contributed by atoms with E-state index in [1.54, 1.807) is 42.5 Å². The topological polar surface area (TPSA) is 114 Å². The van der Waals surface area contributed by atoms with Crippen molar-refractivity contribution in [3.05, 3.63) is 87.5 Å². The van der Waals surface area contributed by atoms with Crippen LogP contribution in [0.2, 0.25) is 0 Å². The number of rotatable bonds is 6. The summed E-state index contributed by atoms with van der Waals surface area (Å²) in [4.78, 5) is 26.1. The molecule has 1 saturated carbocycles. The lowest BCUT2D eigenvalue weighted by molar-refractivity contribution is 0.0968. The summed E-state index contributed by atoms with van der Waals surface area (Å²) in [5.74, 6) is -0.640. The molecule has 2 N–H and O–H groups in total. The third-order valence-electron chi connectivity index (χ3n) is 6.75. The Labute approximate surface area is 203 Å². The van der Waals surface area contributed by atoms with Crippen LogP contribution in [0.1, 0.15) is 71.7 Å². The molecule has 0 saturated heterocycles. The summed E-state index contributed by atoms with van der Waals surface area (Å²) in [5, 5.41) is 11.2. The molecule has 5 rings (SSSR count). The molecule has 1 heterocycles. The fourth-order valence-electron chi connectivity index (χ4n) is 4.91. The second kappa shape index (κ2) is 9.34. The van der Waals surface area contributed by atoms with Crippen LogP contribution in [-0.2, 0) is 16.4 Å². The van der Waals surface area contributed by atoms with Gasteiger partial charge in [0.1, 0.15) is 11.5 Å². The maximum Gasteiger partial charge on any atom is 0.343 e. The molecule has 0 radical (unpaired) electrons. The molecule has 1 aromatic heterocycles. The molecule has 2 aromatic carbocycles. The Bertz CT molecular complexity index is 1420. The van der Waals surface area contributed by atoms with E-state index in [4.69, 9.17) is 4.42 Å². The number of aryl methyl sites for hydroxylation is 1. The molecule has 182 valence electrons. The number of ketones is 1. The van der Waals surface area contributed by atoms with Crippen LogP contribution in [0.4, 0.5) is 5.69 Å². The first-order valence-electron chi connectivity index (χ1n) is 11.9. The van der Waals surface area contributed by atoms with E-state index in [9.17, 15) is 23.1 Å². The summed E-state index contributed by atoms with van der Waals surface area (Å²) >= 11 is 0. The monoisotopic (exact) mass is 493 g/mol. The Kier molecular flexibility index (Phi) is 6.23. The predicted octanol–water partition coefficient (Wildman–Crippen LogP) is 4.99. The summed E-state index contributed by atoms with van der Waals surface area (Å²) in [6, 6.07) is 14.9. The van der Waals surface area contributed by atoms with Gasteiger partial charge in [0.25, 0.3) is 10.0 Å². The third-order valence-corrected chi connectivity index (χ3v) is 8.15. The second-order valence-corrected chi connectivity index (χ2v) is 11.0. The number of carbonyl (C=O) groups excluding carboxylic acids is 1. The Morgan fingerprint density at radius 1 is 0.943 bits per heavy atom. The standard InChI is InChI=1S/C27H27NO6S/c29-21-12-5-2-6-13-22-24(21)26(30)25(27(31)34-22)23(17-14-15-17)18-8-7-9-19(16-18)28-35(32,33)20-10-3-1-4-11-20/h1,3-4,7-11,16-17,23,28,30H,2,5-6,12-15H2. The van der Waals surface area contributed by atoms with Crippen molar-refractivity contribution < 1.29 is 22.7 Å². The van der Waals surface area contributed by atoms with Gasteiger partial charge in [-0.15, -0.1) is 0 Å². The molecule has 7 nitrogen and oxygen atoms in total. The zero-order valence-corrected chi connectivity index (χ0v) is 20.0. The normalized spacial score (nSPS) is 17.2. The predicted molar refractivity (Wildman–Crippen MR) is 131 cm³/mol. The van der Waals surface area contributed by atoms with Crippen LogP contribution < -0.4 is 10.3 Å². The molecular formula is C27H27NO6S. The Morgan fingerprint density at radius 3 is 2.43 bits per heavy atom. The van der Waals surface area contributed by atoms with Crippen LogP contribution in [0.3, 0.4) is 0 Å². The highest BCUT2D eigenvalue weighted by Gasteiger charge is 2.39. The first-order valence-corrected chi connectivity index (χ1v) is 13.4. The largest absolute Gasteiger partial charge is 0.506 e. The third kappa shape index (κ3) is 4.75. The van der Waals surface area contributed by atoms with Crippen molar-refractivity contribution >= 4 is 21.5 Å². The van der Waals surface area contributed by atoms with Gasteiger partial charge in [-0.3, -0.25) is 9.52 Å². The second-order valence-electron chi connectivity index (χ2n) is 9.29. The summed E-state index contributed by atoms with van der Waals surface area (Å²) in [6.07, 6.45) is 4.85. The zero-order chi connectivity index (χ0) is 24.6. The molecular weight excluding hydrogens is 466 g/mol. The number of benzene rings is 2. The first-order chi connectivity index (χ1) is 16.8. The van der Waals surface area contributed by atoms with Gasteiger partial charge in [-0.05, 0) is 61.4 Å². The van der Waals surface area contributed by atoms with Crippen molar-refractivity contribution in [2.45, 2.75) is 55.8 Å². The van der Waals surface area contributed by atoms with E-state index in [2.05, 4.69) is 4.72 Å². The van der Waals surface area contributed by atoms with E-state index in [0.29, 0.717) is 24.1 Å². The van der Waals surface area contributed by atoms with Crippen LogP contribution in [0.25, 0.3) is 0 Å². The van der Waals surface area contributed by atoms with Crippen molar-refractivity contribution in [2.24, 2.45) is 5.92 Å². The molecule has 0 spiro atoms. The van der Waals surface area contributed by atoms with Crippen molar-refractivity contribution in [3.63, 3.8) is 0 Å². The molecule has 0 bridgehead atoms. The van der Waals surface area contributed by atoms with Gasteiger partial charge in [0.15, 0.2) is 5.78 Å². The van der Waals surface area contributed by atoms with Crippen LogP contribution >= 0.6 is 0 Å². The molecule has 0 amide bonds. The minimum absolute atomic E-state index is 0.0863. The Balaban J connectivity index is 1.56. The lowest BCUT2D eigenvalue weighted by atomic mass is 9.85. The Hall–Kier alpha value is -3.39. The fraction of sp³-hybridized carbons (Fsp3) is 0.333. The molecule has 35 heavy (non-hydrogen) atoms. The van der Waals surface area contributed by atoms with Gasteiger partial charge in [-0.25, -0.2) is 13.2 Å². The number of nitrogens with one attached hydrogen (secondary N) is 1. The Morgan fingerprint density at radius 2 is 1.69 bits per heavy atom. The van der Waals surface area contributed by atoms with Gasteiger partial charge in [-0.1, -0.05) is 36.8 Å². The fourth-order valence-corrected chi connectivity index (χ4v) is 5.98. The molecule has 3 aromatic rings. The number of Topliss-reactive ketones (excluding diaryl/α,β-unsaturated/α-hetero) is 1. The van der Waals surface area contributed by atoms with Crippen LogP contribution in [0.15, 0.2) is 68.7 Å². The molecule has 2 aliphatic rings. The molecule has 1 atom stereocenters. The van der Waals surface area contributed by atoms with E-state index < -0.39 is 21.6 Å². The molecule has 0 aliphatic heterocycles. The number of anilines is 1. The van der Waals surface area contributed by atoms with Crippen LogP contribution in [0, 0.1) is 5.92 Å². The van der Waals surface area contributed by atoms with E-state index >= 15 is 0 Å². The van der Waals surface area contributed by atoms with Gasteiger partial charge in [0.2, 0.25) is 0 Å². The minimum Gasteiger partial charge on any atom is -0.506 e. The lowest BCUT2D eigenvalue weighted by Crippen LogP contribution is -2.21. The quantitative estimate of drug-likeness (QED) is 0.500. The van der Waals surface area contributed by atoms with Crippen LogP contribution in [0.5, 0.6) is 5.75 Å². The van der Waals surface area contributed by atoms with Gasteiger partial charge >= 0.3 is 5.63 Å². The number of hydrogen-bond donors (Lipinski definition) is 2. The maximum atomic E-state index is 13.1. The number of hydrogen-bond acceptors (Lipinski definition) is 6. The van der Waals surface area contributed by atoms with E-state index in [1.807, 2.05) is 0 Å². The molecule has 1 unspecified atom stereocenters. The van der Waals surface area contributed by atoms with E-state index in [1.165, 1.54) is 12.1 Å². The maximum absolute atomic E-state index is 13.1. The highest BCUT2D eigenvalue weighted by atomic mass is 32.2. The first kappa shape index (κ1) is 23.4. The number of carbonyl (C=O) groups is 1.